The Bertz CT molecular complexity index is 1690. The number of ether oxygens (including phenoxy) is 2. The van der Waals surface area contributed by atoms with Gasteiger partial charge in [-0.3, -0.25) is 4.79 Å². The molecule has 0 radical (unpaired) electrons. The van der Waals surface area contributed by atoms with Gasteiger partial charge in [0.05, 0.1) is 18.6 Å². The standard InChI is InChI=1S/C36H44N4O5S/c1-2-3-4-5-6-15-26-44-34-21-14-13-20-32(34)40-36(41)35(45-28-30-16-9-7-10-17-30)33(27-37-40)38-22-24-39(25-23-38)46(42,43)29-31-18-11-8-12-19-31/h7-14,16-21,27H,2-6,15,22-26,28-29H2,1H3. The smallest absolute Gasteiger partial charge is 0.316 e. The summed E-state index contributed by atoms with van der Waals surface area (Å²) in [6.07, 6.45) is 8.59. The van der Waals surface area contributed by atoms with Crippen molar-refractivity contribution in [3.8, 4) is 17.2 Å². The average Bonchev–Trinajstić information content (AvgIpc) is 3.08. The molecule has 1 fully saturated rings. The average molecular weight is 645 g/mol. The largest absolute Gasteiger partial charge is 0.491 e. The molecule has 2 heterocycles. The second-order valence-electron chi connectivity index (χ2n) is 11.6. The van der Waals surface area contributed by atoms with Gasteiger partial charge in [0.1, 0.15) is 23.7 Å². The second-order valence-corrected chi connectivity index (χ2v) is 13.5. The molecule has 0 unspecified atom stereocenters. The van der Waals surface area contributed by atoms with E-state index in [1.54, 1.807) is 6.20 Å². The number of piperazine rings is 1. The van der Waals surface area contributed by atoms with Crippen molar-refractivity contribution in [2.75, 3.05) is 37.7 Å². The second kappa shape index (κ2) is 16.4. The molecule has 5 rings (SSSR count). The lowest BCUT2D eigenvalue weighted by molar-refractivity contribution is 0.295. The number of hydrogen-bond donors (Lipinski definition) is 0. The van der Waals surface area contributed by atoms with Crippen molar-refractivity contribution in [1.82, 2.24) is 14.1 Å². The minimum atomic E-state index is -3.49. The van der Waals surface area contributed by atoms with E-state index in [0.29, 0.717) is 49.9 Å². The molecule has 46 heavy (non-hydrogen) atoms. The first-order valence-electron chi connectivity index (χ1n) is 16.2. The summed E-state index contributed by atoms with van der Waals surface area (Å²) in [7, 11) is -3.49. The number of para-hydroxylation sites is 2. The maximum atomic E-state index is 14.1. The van der Waals surface area contributed by atoms with Gasteiger partial charge in [0.15, 0.2) is 0 Å². The molecule has 1 saturated heterocycles. The molecule has 0 bridgehead atoms. The van der Waals surface area contributed by atoms with E-state index in [-0.39, 0.29) is 18.1 Å². The molecule has 3 aromatic carbocycles. The van der Waals surface area contributed by atoms with Crippen LogP contribution in [-0.4, -0.2) is 55.3 Å². The number of anilines is 1. The first kappa shape index (κ1) is 33.2. The fourth-order valence-corrected chi connectivity index (χ4v) is 7.11. The number of sulfonamides is 1. The van der Waals surface area contributed by atoms with Gasteiger partial charge in [-0.1, -0.05) is 112 Å². The van der Waals surface area contributed by atoms with Crippen LogP contribution in [0.25, 0.3) is 5.69 Å². The predicted octanol–water partition coefficient (Wildman–Crippen LogP) is 6.20. The highest BCUT2D eigenvalue weighted by Gasteiger charge is 2.29. The molecular formula is C36H44N4O5S. The van der Waals surface area contributed by atoms with Crippen molar-refractivity contribution in [2.24, 2.45) is 0 Å². The lowest BCUT2D eigenvalue weighted by atomic mass is 10.1. The molecule has 1 aromatic heterocycles. The molecule has 10 heteroatoms. The monoisotopic (exact) mass is 644 g/mol. The lowest BCUT2D eigenvalue weighted by Crippen LogP contribution is -2.49. The van der Waals surface area contributed by atoms with E-state index in [0.717, 1.165) is 24.0 Å². The SMILES string of the molecule is CCCCCCCCOc1ccccc1-n1ncc(N2CCN(S(=O)(=O)Cc3ccccc3)CC2)c(OCc2ccccc2)c1=O. The Balaban J connectivity index is 1.35. The summed E-state index contributed by atoms with van der Waals surface area (Å²) in [5.41, 5.74) is 2.37. The summed E-state index contributed by atoms with van der Waals surface area (Å²) in [4.78, 5) is 16.1. The van der Waals surface area contributed by atoms with Gasteiger partial charge in [-0.2, -0.15) is 14.1 Å². The van der Waals surface area contributed by atoms with Gasteiger partial charge in [0, 0.05) is 26.2 Å². The van der Waals surface area contributed by atoms with Crippen LogP contribution in [0.5, 0.6) is 11.5 Å². The third-order valence-corrected chi connectivity index (χ3v) is 10.0. The molecule has 1 aliphatic rings. The molecule has 0 amide bonds. The van der Waals surface area contributed by atoms with Crippen molar-refractivity contribution >= 4 is 15.7 Å². The zero-order valence-electron chi connectivity index (χ0n) is 26.6. The van der Waals surface area contributed by atoms with Crippen molar-refractivity contribution < 1.29 is 17.9 Å². The third kappa shape index (κ3) is 8.76. The highest BCUT2D eigenvalue weighted by Crippen LogP contribution is 2.29. The van der Waals surface area contributed by atoms with Crippen molar-refractivity contribution in [2.45, 2.75) is 57.8 Å². The van der Waals surface area contributed by atoms with E-state index in [9.17, 15) is 13.2 Å². The van der Waals surface area contributed by atoms with Crippen molar-refractivity contribution in [1.29, 1.82) is 0 Å². The number of benzene rings is 3. The molecule has 244 valence electrons. The molecule has 0 saturated carbocycles. The van der Waals surface area contributed by atoms with E-state index in [1.807, 2.05) is 89.8 Å². The van der Waals surface area contributed by atoms with Crippen LogP contribution in [-0.2, 0) is 22.4 Å². The van der Waals surface area contributed by atoms with Gasteiger partial charge in [0.2, 0.25) is 15.8 Å². The van der Waals surface area contributed by atoms with Crippen LogP contribution >= 0.6 is 0 Å². The van der Waals surface area contributed by atoms with Gasteiger partial charge in [-0.25, -0.2) is 8.42 Å². The van der Waals surface area contributed by atoms with Crippen LogP contribution in [0.3, 0.4) is 0 Å². The first-order valence-corrected chi connectivity index (χ1v) is 17.8. The molecule has 0 spiro atoms. The molecule has 0 atom stereocenters. The summed E-state index contributed by atoms with van der Waals surface area (Å²) in [6.45, 7) is 4.37. The topological polar surface area (TPSA) is 94.0 Å². The van der Waals surface area contributed by atoms with Gasteiger partial charge >= 0.3 is 5.56 Å². The van der Waals surface area contributed by atoms with Crippen molar-refractivity contribution in [3.05, 3.63) is 113 Å². The van der Waals surface area contributed by atoms with Crippen LogP contribution in [0.2, 0.25) is 0 Å². The van der Waals surface area contributed by atoms with Gasteiger partial charge in [-0.15, -0.1) is 0 Å². The van der Waals surface area contributed by atoms with E-state index in [2.05, 4.69) is 12.0 Å². The number of rotatable bonds is 16. The molecule has 9 nitrogen and oxygen atoms in total. The highest BCUT2D eigenvalue weighted by atomic mass is 32.2. The van der Waals surface area contributed by atoms with Crippen LogP contribution in [0, 0.1) is 0 Å². The fourth-order valence-electron chi connectivity index (χ4n) is 5.59. The molecule has 0 aliphatic carbocycles. The predicted molar refractivity (Wildman–Crippen MR) is 182 cm³/mol. The summed E-state index contributed by atoms with van der Waals surface area (Å²) in [5, 5.41) is 4.57. The quantitative estimate of drug-likeness (QED) is 0.134. The summed E-state index contributed by atoms with van der Waals surface area (Å²) >= 11 is 0. The molecule has 4 aromatic rings. The van der Waals surface area contributed by atoms with E-state index < -0.39 is 15.6 Å². The Labute approximate surface area is 272 Å². The zero-order chi connectivity index (χ0) is 32.2. The van der Waals surface area contributed by atoms with Gasteiger partial charge in [-0.05, 0) is 29.7 Å². The normalized spacial score (nSPS) is 13.9. The van der Waals surface area contributed by atoms with Crippen molar-refractivity contribution in [3.63, 3.8) is 0 Å². The first-order chi connectivity index (χ1) is 22.5. The van der Waals surface area contributed by atoms with Crippen LogP contribution in [0.1, 0.15) is 56.6 Å². The number of nitrogens with zero attached hydrogens (tertiary/aromatic N) is 4. The van der Waals surface area contributed by atoms with Crippen LogP contribution in [0.4, 0.5) is 5.69 Å². The fraction of sp³-hybridized carbons (Fsp3) is 0.389. The molecule has 1 aliphatic heterocycles. The van der Waals surface area contributed by atoms with E-state index in [4.69, 9.17) is 9.47 Å². The molecule has 0 N–H and O–H groups in total. The minimum absolute atomic E-state index is 0.0444. The summed E-state index contributed by atoms with van der Waals surface area (Å²) in [5.74, 6) is 0.715. The van der Waals surface area contributed by atoms with E-state index >= 15 is 0 Å². The van der Waals surface area contributed by atoms with Gasteiger partial charge < -0.3 is 14.4 Å². The number of hydrogen-bond acceptors (Lipinski definition) is 7. The maximum Gasteiger partial charge on any atom is 0.316 e. The maximum absolute atomic E-state index is 14.1. The Morgan fingerprint density at radius 2 is 1.35 bits per heavy atom. The third-order valence-electron chi connectivity index (χ3n) is 8.15. The summed E-state index contributed by atoms with van der Waals surface area (Å²) < 4.78 is 41.6. The lowest BCUT2D eigenvalue weighted by Gasteiger charge is -2.35. The highest BCUT2D eigenvalue weighted by molar-refractivity contribution is 7.88. The Morgan fingerprint density at radius 1 is 0.717 bits per heavy atom. The Morgan fingerprint density at radius 3 is 2.07 bits per heavy atom. The van der Waals surface area contributed by atoms with Crippen LogP contribution in [0.15, 0.2) is 95.9 Å². The Kier molecular flexibility index (Phi) is 11.9. The number of aromatic nitrogens is 2. The minimum Gasteiger partial charge on any atom is -0.491 e. The Hall–Kier alpha value is -4.15. The van der Waals surface area contributed by atoms with Crippen LogP contribution < -0.4 is 19.9 Å². The molecular weight excluding hydrogens is 600 g/mol. The zero-order valence-corrected chi connectivity index (χ0v) is 27.4. The number of unbranched alkanes of at least 4 members (excludes halogenated alkanes) is 5. The van der Waals surface area contributed by atoms with E-state index in [1.165, 1.54) is 34.7 Å². The summed E-state index contributed by atoms with van der Waals surface area (Å²) in [6, 6.07) is 26.3. The van der Waals surface area contributed by atoms with Gasteiger partial charge in [0.25, 0.3) is 0 Å².